The third kappa shape index (κ3) is 5.46. The highest BCUT2D eigenvalue weighted by Crippen LogP contribution is 2.45. The van der Waals surface area contributed by atoms with E-state index in [9.17, 15) is 22.8 Å². The van der Waals surface area contributed by atoms with Crippen LogP contribution in [0, 0.1) is 11.3 Å². The minimum absolute atomic E-state index is 0.116. The summed E-state index contributed by atoms with van der Waals surface area (Å²) in [5.41, 5.74) is -1.16. The first-order chi connectivity index (χ1) is 17.3. The number of sulfone groups is 1. The third-order valence-electron chi connectivity index (χ3n) is 6.89. The van der Waals surface area contributed by atoms with Crippen molar-refractivity contribution in [2.24, 2.45) is 11.3 Å². The minimum Gasteiger partial charge on any atom is -0.491 e. The van der Waals surface area contributed by atoms with E-state index < -0.39 is 50.9 Å². The second kappa shape index (κ2) is 10.7. The van der Waals surface area contributed by atoms with Crippen molar-refractivity contribution in [3.05, 3.63) is 47.6 Å². The lowest BCUT2D eigenvalue weighted by Crippen LogP contribution is -2.57. The molecule has 0 radical (unpaired) electrons. The Bertz CT molecular complexity index is 1180. The highest BCUT2D eigenvalue weighted by atomic mass is 32.2. The molecule has 3 rings (SSSR count). The molecule has 1 N–H and O–H groups in total. The number of hydrogen-bond acceptors (Lipinski definition) is 8. The van der Waals surface area contributed by atoms with Gasteiger partial charge in [-0.25, -0.2) is 8.42 Å². The summed E-state index contributed by atoms with van der Waals surface area (Å²) in [6, 6.07) is -2.51. The van der Waals surface area contributed by atoms with Gasteiger partial charge in [0.25, 0.3) is 5.91 Å². The molecule has 0 bridgehead atoms. The molecule has 204 valence electrons. The normalized spacial score (nSPS) is 26.4. The van der Waals surface area contributed by atoms with Gasteiger partial charge in [-0.2, -0.15) is 0 Å². The molecule has 0 aromatic carbocycles. The van der Waals surface area contributed by atoms with Gasteiger partial charge in [0, 0.05) is 25.3 Å². The number of ether oxygens (including phenoxy) is 2. The molecule has 2 heterocycles. The van der Waals surface area contributed by atoms with E-state index in [2.05, 4.69) is 5.32 Å². The van der Waals surface area contributed by atoms with Crippen LogP contribution in [-0.4, -0.2) is 86.8 Å². The van der Waals surface area contributed by atoms with Crippen molar-refractivity contribution in [1.82, 2.24) is 15.1 Å². The van der Waals surface area contributed by atoms with Gasteiger partial charge in [-0.3, -0.25) is 19.3 Å². The second-order valence-corrected chi connectivity index (χ2v) is 12.4. The first-order valence-electron chi connectivity index (χ1n) is 12.3. The van der Waals surface area contributed by atoms with E-state index in [1.807, 2.05) is 20.8 Å². The molecule has 1 fully saturated rings. The van der Waals surface area contributed by atoms with E-state index in [1.165, 1.54) is 7.11 Å². The number of methoxy groups -OCH3 is 1. The fraction of sp³-hybridized carbons (Fsp3) is 0.577. The van der Waals surface area contributed by atoms with Crippen LogP contribution < -0.4 is 5.32 Å². The number of nitrogens with one attached hydrogen (secondary N) is 1. The van der Waals surface area contributed by atoms with Gasteiger partial charge in [-0.05, 0) is 25.8 Å². The number of carbonyl (C=O) groups excluding carboxylic acids is 3. The van der Waals surface area contributed by atoms with Crippen molar-refractivity contribution in [2.75, 3.05) is 32.8 Å². The Kier molecular flexibility index (Phi) is 8.26. The van der Waals surface area contributed by atoms with Gasteiger partial charge >= 0.3 is 0 Å². The fourth-order valence-corrected chi connectivity index (χ4v) is 6.06. The van der Waals surface area contributed by atoms with Gasteiger partial charge in [0.1, 0.15) is 15.3 Å². The van der Waals surface area contributed by atoms with Crippen LogP contribution in [0.25, 0.3) is 0 Å². The molecule has 1 aliphatic carbocycles. The summed E-state index contributed by atoms with van der Waals surface area (Å²) in [4.78, 5) is 43.1. The number of nitrogens with zero attached hydrogens (tertiary/aromatic N) is 2. The Morgan fingerprint density at radius 2 is 1.92 bits per heavy atom. The quantitative estimate of drug-likeness (QED) is 0.418. The van der Waals surface area contributed by atoms with Crippen molar-refractivity contribution in [3.8, 4) is 0 Å². The van der Waals surface area contributed by atoms with Gasteiger partial charge < -0.3 is 19.7 Å². The number of likely N-dealkylation sites (N-methyl/N-ethyl adjacent to an activating group) is 1. The first kappa shape index (κ1) is 28.5. The van der Waals surface area contributed by atoms with E-state index >= 15 is 0 Å². The number of amides is 3. The van der Waals surface area contributed by atoms with Crippen LogP contribution in [0.5, 0.6) is 0 Å². The summed E-state index contributed by atoms with van der Waals surface area (Å²) < 4.78 is 36.3. The molecule has 10 nitrogen and oxygen atoms in total. The molecular formula is C26H37N3O7S. The number of fused-ring (bicyclic) bond motifs is 1. The smallest absolute Gasteiger partial charge is 0.257 e. The summed E-state index contributed by atoms with van der Waals surface area (Å²) in [5.74, 6) is -0.881. The SMILES string of the molecule is CCOC1=C(OC)C=CC([C@@H](CS(C)(=O)=O)N2C(=O)C3=CC=CC(NC(=O)CC(C)C)C3(C)C2=O)N1C. The minimum atomic E-state index is -3.63. The monoisotopic (exact) mass is 535 g/mol. The van der Waals surface area contributed by atoms with E-state index in [0.717, 1.165) is 11.2 Å². The van der Waals surface area contributed by atoms with Crippen molar-refractivity contribution in [3.63, 3.8) is 0 Å². The predicted octanol–water partition coefficient (Wildman–Crippen LogP) is 1.52. The lowest BCUT2D eigenvalue weighted by atomic mass is 9.74. The van der Waals surface area contributed by atoms with Crippen LogP contribution in [0.2, 0.25) is 0 Å². The Morgan fingerprint density at radius 3 is 2.49 bits per heavy atom. The third-order valence-corrected chi connectivity index (χ3v) is 7.84. The van der Waals surface area contributed by atoms with Crippen molar-refractivity contribution in [2.45, 2.75) is 52.2 Å². The van der Waals surface area contributed by atoms with Crippen LogP contribution in [0.3, 0.4) is 0 Å². The molecule has 4 atom stereocenters. The number of imide groups is 1. The van der Waals surface area contributed by atoms with Gasteiger partial charge in [-0.15, -0.1) is 0 Å². The van der Waals surface area contributed by atoms with Gasteiger partial charge in [0.05, 0.1) is 37.6 Å². The van der Waals surface area contributed by atoms with Gasteiger partial charge in [-0.1, -0.05) is 38.2 Å². The summed E-state index contributed by atoms with van der Waals surface area (Å²) >= 11 is 0. The number of allylic oxidation sites excluding steroid dienone is 3. The largest absolute Gasteiger partial charge is 0.491 e. The standard InChI is InChI=1S/C26H37N3O7S/c1-8-36-24-20(35-6)13-12-18(28(24)5)19(15-37(7,33)34)29-23(31)17-10-9-11-21(26(17,4)25(29)32)27-22(30)14-16(2)3/h9-13,16,18-19,21H,8,14-15H2,1-7H3,(H,27,30)/t18?,19-,21?,26?/m1/s1. The number of hydrogen-bond donors (Lipinski definition) is 1. The number of likely N-dealkylation sites (tertiary alicyclic amines) is 1. The Balaban J connectivity index is 2.04. The van der Waals surface area contributed by atoms with Crippen molar-refractivity contribution >= 4 is 27.6 Å². The topological polar surface area (TPSA) is 122 Å². The Labute approximate surface area is 218 Å². The van der Waals surface area contributed by atoms with Crippen LogP contribution in [0.15, 0.2) is 47.6 Å². The highest BCUT2D eigenvalue weighted by molar-refractivity contribution is 7.90. The summed E-state index contributed by atoms with van der Waals surface area (Å²) in [6.45, 7) is 7.59. The van der Waals surface area contributed by atoms with Gasteiger partial charge in [0.2, 0.25) is 17.7 Å². The zero-order valence-electron chi connectivity index (χ0n) is 22.5. The average Bonchev–Trinajstić information content (AvgIpc) is 2.99. The maximum Gasteiger partial charge on any atom is 0.257 e. The lowest BCUT2D eigenvalue weighted by Gasteiger charge is -2.40. The summed E-state index contributed by atoms with van der Waals surface area (Å²) in [7, 11) is -0.437. The number of carbonyl (C=O) groups is 3. The van der Waals surface area contributed by atoms with Crippen LogP contribution in [0.4, 0.5) is 0 Å². The average molecular weight is 536 g/mol. The molecule has 0 saturated carbocycles. The molecule has 2 aliphatic heterocycles. The molecular weight excluding hydrogens is 498 g/mol. The maximum atomic E-state index is 14.1. The summed E-state index contributed by atoms with van der Waals surface area (Å²) in [6.07, 6.45) is 9.60. The van der Waals surface area contributed by atoms with Crippen LogP contribution in [0.1, 0.15) is 34.1 Å². The van der Waals surface area contributed by atoms with E-state index in [4.69, 9.17) is 9.47 Å². The highest BCUT2D eigenvalue weighted by Gasteiger charge is 2.60. The Hall–Kier alpha value is -3.08. The van der Waals surface area contributed by atoms with Crippen LogP contribution in [-0.2, 0) is 33.7 Å². The van der Waals surface area contributed by atoms with E-state index in [-0.39, 0.29) is 23.8 Å². The second-order valence-electron chi connectivity index (χ2n) is 10.2. The maximum absolute atomic E-state index is 14.1. The van der Waals surface area contributed by atoms with Gasteiger partial charge in [0.15, 0.2) is 5.76 Å². The van der Waals surface area contributed by atoms with Crippen LogP contribution >= 0.6 is 0 Å². The molecule has 1 saturated heterocycles. The molecule has 3 amide bonds. The molecule has 0 spiro atoms. The molecule has 0 aromatic rings. The molecule has 11 heteroatoms. The zero-order valence-corrected chi connectivity index (χ0v) is 23.3. The summed E-state index contributed by atoms with van der Waals surface area (Å²) in [5, 5.41) is 2.89. The molecule has 0 aromatic heterocycles. The van der Waals surface area contributed by atoms with E-state index in [0.29, 0.717) is 18.2 Å². The zero-order chi connectivity index (χ0) is 27.7. The van der Waals surface area contributed by atoms with E-state index in [1.54, 1.807) is 49.3 Å². The fourth-order valence-electron chi connectivity index (χ4n) is 5.09. The van der Waals surface area contributed by atoms with Crippen molar-refractivity contribution < 1.29 is 32.3 Å². The molecule has 3 unspecified atom stereocenters. The number of rotatable bonds is 10. The Morgan fingerprint density at radius 1 is 1.24 bits per heavy atom. The van der Waals surface area contributed by atoms with Crippen molar-refractivity contribution in [1.29, 1.82) is 0 Å². The molecule has 3 aliphatic rings. The predicted molar refractivity (Wildman–Crippen MR) is 138 cm³/mol. The lowest BCUT2D eigenvalue weighted by molar-refractivity contribution is -0.144. The molecule has 37 heavy (non-hydrogen) atoms. The first-order valence-corrected chi connectivity index (χ1v) is 14.4.